The molecule has 0 N–H and O–H groups in total. The third kappa shape index (κ3) is 6.95. The van der Waals surface area contributed by atoms with Crippen LogP contribution < -0.4 is 0 Å². The van der Waals surface area contributed by atoms with Crippen LogP contribution in [0.5, 0.6) is 0 Å². The molecule has 70 heavy (non-hydrogen) atoms. The number of rotatable bonds is 8. The Morgan fingerprint density at radius 2 is 0.871 bits per heavy atom. The molecule has 1 aliphatic rings. The molecule has 8 aromatic carbocycles. The van der Waals surface area contributed by atoms with Crippen molar-refractivity contribution >= 4 is 21.8 Å². The summed E-state index contributed by atoms with van der Waals surface area (Å²) >= 11 is 0. The zero-order valence-electron chi connectivity index (χ0n) is 38.9. The SMILES string of the molecule is CC1(C)c2ccccc2-c2cccc(-c3ccc4c(c3)c3cccc(-c5ccc(-c6cc(-c7ccccn7)nc(-c7ccccn7)c6)cc5)c3n4-c3cc(-c4ccccc4)cc(-c4ccccc4)c3)c21. The van der Waals surface area contributed by atoms with Gasteiger partial charge in [-0.1, -0.05) is 178 Å². The normalized spacial score (nSPS) is 12.5. The minimum Gasteiger partial charge on any atom is -0.309 e. The van der Waals surface area contributed by atoms with E-state index in [0.717, 1.165) is 61.8 Å². The quantitative estimate of drug-likeness (QED) is 0.153. The van der Waals surface area contributed by atoms with E-state index in [2.05, 4.69) is 223 Å². The van der Waals surface area contributed by atoms with Crippen LogP contribution in [0.2, 0.25) is 0 Å². The zero-order chi connectivity index (χ0) is 46.8. The Labute approximate surface area is 407 Å². The van der Waals surface area contributed by atoms with Gasteiger partial charge < -0.3 is 4.57 Å². The first-order valence-electron chi connectivity index (χ1n) is 24.0. The second-order valence-corrected chi connectivity index (χ2v) is 18.8. The molecule has 0 atom stereocenters. The van der Waals surface area contributed by atoms with Crippen LogP contribution in [0.15, 0.2) is 243 Å². The smallest absolute Gasteiger partial charge is 0.0900 e. The van der Waals surface area contributed by atoms with Crippen molar-refractivity contribution in [1.82, 2.24) is 19.5 Å². The third-order valence-electron chi connectivity index (χ3n) is 14.3. The molecule has 4 heterocycles. The van der Waals surface area contributed by atoms with Crippen molar-refractivity contribution in [3.8, 4) is 95.2 Å². The monoisotopic (exact) mass is 894 g/mol. The highest BCUT2D eigenvalue weighted by Crippen LogP contribution is 2.52. The average Bonchev–Trinajstić information content (AvgIpc) is 3.89. The number of hydrogen-bond donors (Lipinski definition) is 0. The number of nitrogens with zero attached hydrogens (tertiary/aromatic N) is 4. The van der Waals surface area contributed by atoms with E-state index in [0.29, 0.717) is 0 Å². The van der Waals surface area contributed by atoms with E-state index >= 15 is 0 Å². The van der Waals surface area contributed by atoms with Gasteiger partial charge in [0, 0.05) is 39.8 Å². The third-order valence-corrected chi connectivity index (χ3v) is 14.3. The van der Waals surface area contributed by atoms with Crippen LogP contribution in [-0.4, -0.2) is 19.5 Å². The van der Waals surface area contributed by atoms with Crippen LogP contribution >= 0.6 is 0 Å². The molecule has 1 aliphatic carbocycles. The van der Waals surface area contributed by atoms with E-state index in [9.17, 15) is 0 Å². The molecular formula is C66H46N4. The first kappa shape index (κ1) is 41.2. The number of aromatic nitrogens is 4. The van der Waals surface area contributed by atoms with Gasteiger partial charge in [-0.3, -0.25) is 9.97 Å². The molecule has 12 aromatic rings. The number of benzene rings is 8. The standard InChI is InChI=1S/C66H46N4/c1-66(2)58-26-10-9-21-54(58)55-24-15-22-52(64(55)66)47-33-34-63-57(40-47)56-25-16-23-53(65(56)70(63)51-38-48(43-17-5-3-6-18-43)37-49(39-51)44-19-7-4-8-20-44)46-31-29-45(30-32-46)50-41-61(59-27-11-13-35-67-59)69-62(42-50)60-28-12-14-36-68-60/h3-42H,1-2H3. The highest BCUT2D eigenvalue weighted by Gasteiger charge is 2.37. The lowest BCUT2D eigenvalue weighted by atomic mass is 9.79. The van der Waals surface area contributed by atoms with Gasteiger partial charge in [0.25, 0.3) is 0 Å². The fraction of sp³-hybridized carbons (Fsp3) is 0.0455. The second-order valence-electron chi connectivity index (χ2n) is 18.8. The molecule has 0 fully saturated rings. The Kier molecular flexibility index (Phi) is 9.81. The van der Waals surface area contributed by atoms with Crippen molar-refractivity contribution in [2.24, 2.45) is 0 Å². The van der Waals surface area contributed by atoms with Gasteiger partial charge in [-0.2, -0.15) is 0 Å². The highest BCUT2D eigenvalue weighted by molar-refractivity contribution is 6.15. The van der Waals surface area contributed by atoms with Crippen LogP contribution in [0.1, 0.15) is 25.0 Å². The Morgan fingerprint density at radius 3 is 1.53 bits per heavy atom. The second kappa shape index (κ2) is 16.7. The molecule has 0 bridgehead atoms. The van der Waals surface area contributed by atoms with E-state index in [1.54, 1.807) is 0 Å². The van der Waals surface area contributed by atoms with Gasteiger partial charge in [-0.05, 0) is 139 Å². The first-order chi connectivity index (χ1) is 34.5. The maximum Gasteiger partial charge on any atom is 0.0900 e. The molecule has 4 heteroatoms. The molecule has 4 nitrogen and oxygen atoms in total. The average molecular weight is 895 g/mol. The minimum absolute atomic E-state index is 0.146. The van der Waals surface area contributed by atoms with Crippen molar-refractivity contribution in [2.45, 2.75) is 19.3 Å². The van der Waals surface area contributed by atoms with Crippen LogP contribution in [0.3, 0.4) is 0 Å². The maximum atomic E-state index is 5.04. The van der Waals surface area contributed by atoms with Gasteiger partial charge in [0.15, 0.2) is 0 Å². The van der Waals surface area contributed by atoms with Crippen molar-refractivity contribution < 1.29 is 0 Å². The Morgan fingerprint density at radius 1 is 0.343 bits per heavy atom. The van der Waals surface area contributed by atoms with Gasteiger partial charge in [0.2, 0.25) is 0 Å². The van der Waals surface area contributed by atoms with Crippen molar-refractivity contribution in [3.05, 3.63) is 254 Å². The highest BCUT2D eigenvalue weighted by atomic mass is 15.0. The molecule has 0 saturated heterocycles. The van der Waals surface area contributed by atoms with Crippen LogP contribution in [0.4, 0.5) is 0 Å². The Balaban J connectivity index is 1.02. The molecule has 0 spiro atoms. The molecule has 0 saturated carbocycles. The summed E-state index contributed by atoms with van der Waals surface area (Å²) in [6.07, 6.45) is 3.63. The largest absolute Gasteiger partial charge is 0.309 e. The lowest BCUT2D eigenvalue weighted by Gasteiger charge is -2.24. The van der Waals surface area contributed by atoms with E-state index in [1.165, 1.54) is 66.4 Å². The van der Waals surface area contributed by atoms with E-state index in [1.807, 2.05) is 48.8 Å². The van der Waals surface area contributed by atoms with E-state index in [-0.39, 0.29) is 5.41 Å². The van der Waals surface area contributed by atoms with Gasteiger partial charge in [-0.25, -0.2) is 4.98 Å². The fourth-order valence-electron chi connectivity index (χ4n) is 11.0. The number of para-hydroxylation sites is 1. The summed E-state index contributed by atoms with van der Waals surface area (Å²) in [5.74, 6) is 0. The maximum absolute atomic E-state index is 5.04. The van der Waals surface area contributed by atoms with Gasteiger partial charge in [-0.15, -0.1) is 0 Å². The predicted molar refractivity (Wildman–Crippen MR) is 290 cm³/mol. The minimum atomic E-state index is -0.146. The topological polar surface area (TPSA) is 43.6 Å². The molecule has 330 valence electrons. The Bertz CT molecular complexity index is 3820. The molecule has 13 rings (SSSR count). The van der Waals surface area contributed by atoms with Crippen LogP contribution in [-0.2, 0) is 5.41 Å². The van der Waals surface area contributed by atoms with Crippen LogP contribution in [0, 0.1) is 0 Å². The van der Waals surface area contributed by atoms with Crippen molar-refractivity contribution in [3.63, 3.8) is 0 Å². The van der Waals surface area contributed by atoms with Gasteiger partial charge in [0.05, 0.1) is 33.8 Å². The number of fused-ring (bicyclic) bond motifs is 6. The summed E-state index contributed by atoms with van der Waals surface area (Å²) in [7, 11) is 0. The van der Waals surface area contributed by atoms with Crippen LogP contribution in [0.25, 0.3) is 117 Å². The van der Waals surface area contributed by atoms with Crippen molar-refractivity contribution in [1.29, 1.82) is 0 Å². The van der Waals surface area contributed by atoms with Crippen molar-refractivity contribution in [2.75, 3.05) is 0 Å². The zero-order valence-corrected chi connectivity index (χ0v) is 38.9. The number of hydrogen-bond acceptors (Lipinski definition) is 3. The molecule has 0 amide bonds. The summed E-state index contributed by atoms with van der Waals surface area (Å²) < 4.78 is 2.51. The predicted octanol–water partition coefficient (Wildman–Crippen LogP) is 16.9. The molecule has 4 aromatic heterocycles. The lowest BCUT2D eigenvalue weighted by molar-refractivity contribution is 0.662. The molecule has 0 aliphatic heterocycles. The Hall–Kier alpha value is -8.99. The summed E-state index contributed by atoms with van der Waals surface area (Å²) in [4.78, 5) is 14.4. The van der Waals surface area contributed by atoms with Gasteiger partial charge in [0.1, 0.15) is 0 Å². The fourth-order valence-corrected chi connectivity index (χ4v) is 11.0. The summed E-state index contributed by atoms with van der Waals surface area (Å²) in [6, 6.07) is 83.4. The molecule has 0 unspecified atom stereocenters. The summed E-state index contributed by atoms with van der Waals surface area (Å²) in [5, 5.41) is 2.42. The van der Waals surface area contributed by atoms with E-state index < -0.39 is 0 Å². The number of pyridine rings is 3. The van der Waals surface area contributed by atoms with E-state index in [4.69, 9.17) is 4.98 Å². The van der Waals surface area contributed by atoms with Gasteiger partial charge >= 0.3 is 0 Å². The summed E-state index contributed by atoms with van der Waals surface area (Å²) in [5.41, 5.74) is 23.5. The molecule has 0 radical (unpaired) electrons. The summed E-state index contributed by atoms with van der Waals surface area (Å²) in [6.45, 7) is 4.75. The molecular weight excluding hydrogens is 849 g/mol. The first-order valence-corrected chi connectivity index (χ1v) is 24.0. The lowest BCUT2D eigenvalue weighted by Crippen LogP contribution is -2.16.